The fraction of sp³-hybridized carbons (Fsp3) is 0.517. The molecule has 0 radical (unpaired) electrons. The molecule has 2 aromatic carbocycles. The Balaban J connectivity index is 1.53. The summed E-state index contributed by atoms with van der Waals surface area (Å²) < 4.78 is 60.6. The number of hydrogen-bond acceptors (Lipinski definition) is 0. The molecule has 4 heteroatoms. The van der Waals surface area contributed by atoms with Crippen LogP contribution in [0.1, 0.15) is 80.5 Å². The quantitative estimate of drug-likeness (QED) is 0.274. The number of benzene rings is 2. The molecule has 2 aliphatic rings. The van der Waals surface area contributed by atoms with E-state index in [1.54, 1.807) is 24.3 Å². The summed E-state index contributed by atoms with van der Waals surface area (Å²) in [5.74, 6) is -3.52. The van der Waals surface area contributed by atoms with E-state index < -0.39 is 29.5 Å². The molecule has 1 saturated carbocycles. The lowest BCUT2D eigenvalue weighted by Crippen LogP contribution is -2.26. The van der Waals surface area contributed by atoms with Gasteiger partial charge in [0.2, 0.25) is 0 Å². The summed E-state index contributed by atoms with van der Waals surface area (Å²) in [5.41, 5.74) is 0.798. The molecule has 178 valence electrons. The van der Waals surface area contributed by atoms with Crippen molar-refractivity contribution >= 4 is 0 Å². The van der Waals surface area contributed by atoms with E-state index in [-0.39, 0.29) is 11.1 Å². The zero-order valence-corrected chi connectivity index (χ0v) is 19.5. The Morgan fingerprint density at radius 1 is 0.879 bits per heavy atom. The highest BCUT2D eigenvalue weighted by Crippen LogP contribution is 2.48. The van der Waals surface area contributed by atoms with Crippen molar-refractivity contribution in [1.82, 2.24) is 0 Å². The molecule has 1 fully saturated rings. The minimum Gasteiger partial charge on any atom is -0.206 e. The second kappa shape index (κ2) is 10.0. The van der Waals surface area contributed by atoms with Gasteiger partial charge < -0.3 is 0 Å². The van der Waals surface area contributed by atoms with Gasteiger partial charge in [-0.3, -0.25) is 0 Å². The molecule has 0 N–H and O–H groups in total. The van der Waals surface area contributed by atoms with E-state index in [9.17, 15) is 4.39 Å². The number of alkyl halides is 2. The van der Waals surface area contributed by atoms with Gasteiger partial charge in [0.05, 0.1) is 5.56 Å². The van der Waals surface area contributed by atoms with Crippen LogP contribution < -0.4 is 0 Å². The summed E-state index contributed by atoms with van der Waals surface area (Å²) in [6.07, 6.45) is 10.6. The summed E-state index contributed by atoms with van der Waals surface area (Å²) in [6.45, 7) is 5.72. The van der Waals surface area contributed by atoms with E-state index in [1.165, 1.54) is 19.3 Å². The Hall–Kier alpha value is -2.10. The van der Waals surface area contributed by atoms with Crippen LogP contribution in [0.3, 0.4) is 0 Å². The van der Waals surface area contributed by atoms with Crippen molar-refractivity contribution in [2.75, 3.05) is 0 Å². The number of fused-ring (bicyclic) bond motifs is 3. The number of rotatable bonds is 8. The predicted octanol–water partition coefficient (Wildman–Crippen LogP) is 8.94. The number of hydrogen-bond donors (Lipinski definition) is 0. The van der Waals surface area contributed by atoms with Crippen molar-refractivity contribution in [1.29, 1.82) is 0 Å². The van der Waals surface area contributed by atoms with E-state index >= 15 is 13.2 Å². The maximum absolute atomic E-state index is 15.4. The van der Waals surface area contributed by atoms with Crippen molar-refractivity contribution in [2.24, 2.45) is 11.8 Å². The first-order chi connectivity index (χ1) is 15.9. The molecule has 0 bridgehead atoms. The van der Waals surface area contributed by atoms with Crippen LogP contribution in [0.5, 0.6) is 0 Å². The van der Waals surface area contributed by atoms with Gasteiger partial charge in [0.1, 0.15) is 11.6 Å². The normalized spacial score (nSPS) is 21.4. The third-order valence-corrected chi connectivity index (χ3v) is 7.69. The Morgan fingerprint density at radius 2 is 1.48 bits per heavy atom. The zero-order valence-electron chi connectivity index (χ0n) is 19.5. The fourth-order valence-corrected chi connectivity index (χ4v) is 5.78. The maximum Gasteiger partial charge on any atom is 0.280 e. The molecule has 0 aliphatic heterocycles. The van der Waals surface area contributed by atoms with Gasteiger partial charge in [-0.1, -0.05) is 69.4 Å². The highest BCUT2D eigenvalue weighted by Gasteiger charge is 2.44. The molecule has 4 rings (SSSR count). The number of aryl methyl sites for hydroxylation is 2. The van der Waals surface area contributed by atoms with Gasteiger partial charge in [-0.15, -0.1) is 6.58 Å². The Kier molecular flexibility index (Phi) is 7.31. The smallest absolute Gasteiger partial charge is 0.206 e. The topological polar surface area (TPSA) is 0 Å². The van der Waals surface area contributed by atoms with E-state index in [4.69, 9.17) is 0 Å². The van der Waals surface area contributed by atoms with Gasteiger partial charge >= 0.3 is 0 Å². The van der Waals surface area contributed by atoms with Gasteiger partial charge in [-0.2, -0.15) is 0 Å². The molecule has 0 saturated heterocycles. The van der Waals surface area contributed by atoms with Crippen molar-refractivity contribution in [3.63, 3.8) is 0 Å². The molecule has 0 atom stereocenters. The lowest BCUT2D eigenvalue weighted by Gasteiger charge is -2.30. The highest BCUT2D eigenvalue weighted by atomic mass is 19.3. The second-order valence-corrected chi connectivity index (χ2v) is 9.95. The first-order valence-corrected chi connectivity index (χ1v) is 12.5. The molecule has 0 nitrogen and oxygen atoms in total. The average Bonchev–Trinajstić information content (AvgIpc) is 2.79. The van der Waals surface area contributed by atoms with Gasteiger partial charge in [0.15, 0.2) is 0 Å². The van der Waals surface area contributed by atoms with Crippen LogP contribution in [0.2, 0.25) is 0 Å². The van der Waals surface area contributed by atoms with Crippen LogP contribution in [0.15, 0.2) is 36.9 Å². The third-order valence-electron chi connectivity index (χ3n) is 7.69. The lowest BCUT2D eigenvalue weighted by molar-refractivity contribution is -0.00932. The molecule has 0 aromatic heterocycles. The molecular weight excluding hydrogens is 424 g/mol. The molecule has 0 amide bonds. The first kappa shape index (κ1) is 24.0. The summed E-state index contributed by atoms with van der Waals surface area (Å²) >= 11 is 0. The number of allylic oxidation sites excluding steroid dienone is 1. The Morgan fingerprint density at radius 3 is 2.12 bits per heavy atom. The third kappa shape index (κ3) is 4.90. The lowest BCUT2D eigenvalue weighted by atomic mass is 9.77. The van der Waals surface area contributed by atoms with Gasteiger partial charge in [-0.05, 0) is 66.2 Å². The SMILES string of the molecule is C=CCCC1CCC(CCc2ccc3c(c2F)C(F)(F)Cc2c-3ccc(CCC)c2F)CC1. The van der Waals surface area contributed by atoms with Crippen molar-refractivity contribution in [3.8, 4) is 11.1 Å². The van der Waals surface area contributed by atoms with E-state index in [1.807, 2.05) is 13.0 Å². The van der Waals surface area contributed by atoms with Crippen LogP contribution in [-0.2, 0) is 25.2 Å². The van der Waals surface area contributed by atoms with Crippen LogP contribution >= 0.6 is 0 Å². The van der Waals surface area contributed by atoms with Crippen molar-refractivity contribution in [3.05, 3.63) is 70.8 Å². The standard InChI is InChI=1S/C29H34F4/c1-3-5-7-19-8-10-20(11-9-19)12-13-22-15-17-24-23-16-14-21(6-4-2)27(30)25(23)18-29(32,33)26(24)28(22)31/h3,14-17,19-20H,1,4-13,18H2,2H3. The fourth-order valence-electron chi connectivity index (χ4n) is 5.78. The molecule has 2 aromatic rings. The Bertz CT molecular complexity index is 999. The largest absolute Gasteiger partial charge is 0.280 e. The summed E-state index contributed by atoms with van der Waals surface area (Å²) in [4.78, 5) is 0. The van der Waals surface area contributed by atoms with E-state index in [0.29, 0.717) is 35.4 Å². The van der Waals surface area contributed by atoms with E-state index in [0.717, 1.165) is 38.0 Å². The molecular formula is C29H34F4. The monoisotopic (exact) mass is 458 g/mol. The maximum atomic E-state index is 15.4. The van der Waals surface area contributed by atoms with E-state index in [2.05, 4.69) is 6.58 Å². The van der Waals surface area contributed by atoms with Crippen LogP contribution in [-0.4, -0.2) is 0 Å². The summed E-state index contributed by atoms with van der Waals surface area (Å²) in [6, 6.07) is 6.54. The molecule has 0 heterocycles. The molecule has 33 heavy (non-hydrogen) atoms. The van der Waals surface area contributed by atoms with Crippen molar-refractivity contribution in [2.45, 2.75) is 83.5 Å². The van der Waals surface area contributed by atoms with Crippen molar-refractivity contribution < 1.29 is 17.6 Å². The minimum atomic E-state index is -3.42. The first-order valence-electron chi connectivity index (χ1n) is 12.5. The molecule has 2 aliphatic carbocycles. The van der Waals surface area contributed by atoms with Gasteiger partial charge in [0, 0.05) is 12.0 Å². The molecule has 0 unspecified atom stereocenters. The summed E-state index contributed by atoms with van der Waals surface area (Å²) in [7, 11) is 0. The predicted molar refractivity (Wildman–Crippen MR) is 127 cm³/mol. The Labute approximate surface area is 195 Å². The van der Waals surface area contributed by atoms with Gasteiger partial charge in [0.25, 0.3) is 5.92 Å². The van der Waals surface area contributed by atoms with Gasteiger partial charge in [-0.25, -0.2) is 17.6 Å². The average molecular weight is 459 g/mol. The highest BCUT2D eigenvalue weighted by molar-refractivity contribution is 5.75. The number of halogens is 4. The zero-order chi connectivity index (χ0) is 23.6. The van der Waals surface area contributed by atoms with Crippen LogP contribution in [0.4, 0.5) is 17.6 Å². The van der Waals surface area contributed by atoms with Crippen LogP contribution in [0.25, 0.3) is 11.1 Å². The summed E-state index contributed by atoms with van der Waals surface area (Å²) in [5, 5.41) is 0. The van der Waals surface area contributed by atoms with Crippen LogP contribution in [0, 0.1) is 23.5 Å². The minimum absolute atomic E-state index is 0.0128. The molecule has 0 spiro atoms. The second-order valence-electron chi connectivity index (χ2n) is 9.95.